The van der Waals surface area contributed by atoms with Crippen molar-refractivity contribution in [1.82, 2.24) is 5.43 Å². The van der Waals surface area contributed by atoms with E-state index in [4.69, 9.17) is 9.47 Å². The van der Waals surface area contributed by atoms with E-state index in [9.17, 15) is 9.59 Å². The molecule has 1 amide bonds. The molecule has 2 rings (SSSR count). The number of ether oxygens (including phenoxy) is 2. The topological polar surface area (TPSA) is 80.2 Å². The van der Waals surface area contributed by atoms with E-state index in [2.05, 4.69) is 10.5 Å². The first-order chi connectivity index (χ1) is 13.0. The van der Waals surface area contributed by atoms with Crippen LogP contribution in [0, 0.1) is 0 Å². The average Bonchev–Trinajstić information content (AvgIpc) is 2.67. The van der Waals surface area contributed by atoms with Crippen molar-refractivity contribution in [3.63, 3.8) is 0 Å². The Morgan fingerprint density at radius 3 is 2.33 bits per heavy atom. The SMILES string of the molecule is CCOC(=O)c1ccc(OCC(=O)NN=Cc2ccc(N(C)C)cc2)cc1. The Morgan fingerprint density at radius 2 is 1.74 bits per heavy atom. The van der Waals surface area contributed by atoms with Crippen LogP contribution in [-0.2, 0) is 9.53 Å². The summed E-state index contributed by atoms with van der Waals surface area (Å²) in [6.45, 7) is 1.88. The minimum Gasteiger partial charge on any atom is -0.484 e. The van der Waals surface area contributed by atoms with E-state index in [1.807, 2.05) is 43.3 Å². The van der Waals surface area contributed by atoms with E-state index in [-0.39, 0.29) is 12.5 Å². The van der Waals surface area contributed by atoms with Gasteiger partial charge in [0.15, 0.2) is 6.61 Å². The second-order valence-electron chi connectivity index (χ2n) is 5.81. The van der Waals surface area contributed by atoms with Gasteiger partial charge < -0.3 is 14.4 Å². The van der Waals surface area contributed by atoms with Gasteiger partial charge in [-0.3, -0.25) is 4.79 Å². The van der Waals surface area contributed by atoms with Crippen LogP contribution in [0.4, 0.5) is 5.69 Å². The lowest BCUT2D eigenvalue weighted by Crippen LogP contribution is -2.24. The van der Waals surface area contributed by atoms with E-state index in [0.29, 0.717) is 17.9 Å². The lowest BCUT2D eigenvalue weighted by molar-refractivity contribution is -0.123. The van der Waals surface area contributed by atoms with Crippen molar-refractivity contribution in [1.29, 1.82) is 0 Å². The number of esters is 1. The summed E-state index contributed by atoms with van der Waals surface area (Å²) >= 11 is 0. The summed E-state index contributed by atoms with van der Waals surface area (Å²) in [5, 5.41) is 3.91. The minimum atomic E-state index is -0.394. The third-order valence-corrected chi connectivity index (χ3v) is 3.55. The molecule has 7 heteroatoms. The third kappa shape index (κ3) is 6.47. The van der Waals surface area contributed by atoms with E-state index >= 15 is 0 Å². The lowest BCUT2D eigenvalue weighted by Gasteiger charge is -2.11. The highest BCUT2D eigenvalue weighted by Crippen LogP contribution is 2.13. The molecule has 0 spiro atoms. The number of rotatable bonds is 8. The van der Waals surface area contributed by atoms with E-state index in [1.54, 1.807) is 37.4 Å². The van der Waals surface area contributed by atoms with Crippen LogP contribution in [-0.4, -0.2) is 45.4 Å². The van der Waals surface area contributed by atoms with E-state index in [0.717, 1.165) is 11.3 Å². The Bertz CT molecular complexity index is 784. The molecule has 0 saturated heterocycles. The van der Waals surface area contributed by atoms with Crippen molar-refractivity contribution >= 4 is 23.8 Å². The molecule has 0 heterocycles. The molecule has 2 aromatic rings. The van der Waals surface area contributed by atoms with Crippen LogP contribution in [0.1, 0.15) is 22.8 Å². The standard InChI is InChI=1S/C20H23N3O4/c1-4-26-20(25)16-7-11-18(12-8-16)27-14-19(24)22-21-13-15-5-9-17(10-6-15)23(2)3/h5-13H,4,14H2,1-3H3,(H,22,24). The summed E-state index contributed by atoms with van der Waals surface area (Å²) in [7, 11) is 3.93. The Kier molecular flexibility index (Phi) is 7.37. The van der Waals surface area contributed by atoms with Crippen LogP contribution < -0.4 is 15.1 Å². The molecule has 0 atom stereocenters. The summed E-state index contributed by atoms with van der Waals surface area (Å²) in [4.78, 5) is 25.3. The molecule has 142 valence electrons. The number of anilines is 1. The van der Waals surface area contributed by atoms with Crippen LogP contribution in [0.2, 0.25) is 0 Å². The van der Waals surface area contributed by atoms with E-state index in [1.165, 1.54) is 0 Å². The molecule has 0 fully saturated rings. The zero-order chi connectivity index (χ0) is 19.6. The van der Waals surface area contributed by atoms with Gasteiger partial charge in [-0.05, 0) is 48.9 Å². The normalized spacial score (nSPS) is 10.5. The zero-order valence-corrected chi connectivity index (χ0v) is 15.6. The predicted octanol–water partition coefficient (Wildman–Crippen LogP) is 2.46. The smallest absolute Gasteiger partial charge is 0.338 e. The van der Waals surface area contributed by atoms with Crippen molar-refractivity contribution < 1.29 is 19.1 Å². The number of nitrogens with one attached hydrogen (secondary N) is 1. The highest BCUT2D eigenvalue weighted by atomic mass is 16.5. The number of carbonyl (C=O) groups excluding carboxylic acids is 2. The van der Waals surface area contributed by atoms with Crippen molar-refractivity contribution in [2.45, 2.75) is 6.92 Å². The van der Waals surface area contributed by atoms with E-state index < -0.39 is 5.97 Å². The van der Waals surface area contributed by atoms with Gasteiger partial charge in [-0.2, -0.15) is 5.10 Å². The Hall–Kier alpha value is -3.35. The number of carbonyl (C=O) groups is 2. The van der Waals surface area contributed by atoms with Gasteiger partial charge in [-0.25, -0.2) is 10.2 Å². The maximum absolute atomic E-state index is 11.8. The quantitative estimate of drug-likeness (QED) is 0.439. The molecule has 0 aromatic heterocycles. The molecule has 0 bridgehead atoms. The van der Waals surface area contributed by atoms with Gasteiger partial charge in [0, 0.05) is 19.8 Å². The molecule has 0 aliphatic carbocycles. The average molecular weight is 369 g/mol. The van der Waals surface area contributed by atoms with Crippen LogP contribution in [0.25, 0.3) is 0 Å². The first kappa shape index (κ1) is 20.0. The molecule has 0 aliphatic heterocycles. The molecule has 2 aromatic carbocycles. The fourth-order valence-corrected chi connectivity index (χ4v) is 2.12. The van der Waals surface area contributed by atoms with Gasteiger partial charge in [0.25, 0.3) is 5.91 Å². The van der Waals surface area contributed by atoms with Crippen molar-refractivity contribution in [3.8, 4) is 5.75 Å². The largest absolute Gasteiger partial charge is 0.484 e. The number of nitrogens with zero attached hydrogens (tertiary/aromatic N) is 2. The molecule has 27 heavy (non-hydrogen) atoms. The van der Waals surface area contributed by atoms with Gasteiger partial charge in [-0.1, -0.05) is 12.1 Å². The van der Waals surface area contributed by atoms with Crippen LogP contribution in [0.5, 0.6) is 5.75 Å². The second-order valence-corrected chi connectivity index (χ2v) is 5.81. The van der Waals surface area contributed by atoms with Crippen molar-refractivity contribution in [2.75, 3.05) is 32.2 Å². The highest BCUT2D eigenvalue weighted by molar-refractivity contribution is 5.89. The summed E-state index contributed by atoms with van der Waals surface area (Å²) < 4.78 is 10.3. The molecule has 7 nitrogen and oxygen atoms in total. The summed E-state index contributed by atoms with van der Waals surface area (Å²) in [5.41, 5.74) is 4.79. The van der Waals surface area contributed by atoms with Crippen molar-refractivity contribution in [3.05, 3.63) is 59.7 Å². The maximum Gasteiger partial charge on any atom is 0.338 e. The molecule has 0 aliphatic rings. The first-order valence-corrected chi connectivity index (χ1v) is 8.49. The fraction of sp³-hybridized carbons (Fsp3) is 0.250. The van der Waals surface area contributed by atoms with Gasteiger partial charge in [0.1, 0.15) is 5.75 Å². The van der Waals surface area contributed by atoms with Crippen LogP contribution >= 0.6 is 0 Å². The van der Waals surface area contributed by atoms with Crippen LogP contribution in [0.15, 0.2) is 53.6 Å². The third-order valence-electron chi connectivity index (χ3n) is 3.55. The van der Waals surface area contributed by atoms with Gasteiger partial charge >= 0.3 is 5.97 Å². The van der Waals surface area contributed by atoms with Gasteiger partial charge in [0.05, 0.1) is 18.4 Å². The maximum atomic E-state index is 11.8. The van der Waals surface area contributed by atoms with Gasteiger partial charge in [0.2, 0.25) is 0 Å². The fourth-order valence-electron chi connectivity index (χ4n) is 2.12. The minimum absolute atomic E-state index is 0.185. The molecule has 0 radical (unpaired) electrons. The molecule has 0 unspecified atom stereocenters. The molecular formula is C20H23N3O4. The predicted molar refractivity (Wildman–Crippen MR) is 104 cm³/mol. The molecular weight excluding hydrogens is 346 g/mol. The summed E-state index contributed by atoms with van der Waals surface area (Å²) in [6, 6.07) is 14.1. The summed E-state index contributed by atoms with van der Waals surface area (Å²) in [6.07, 6.45) is 1.56. The molecule has 1 N–H and O–H groups in total. The number of benzene rings is 2. The van der Waals surface area contributed by atoms with Gasteiger partial charge in [-0.15, -0.1) is 0 Å². The number of hydrazone groups is 1. The summed E-state index contributed by atoms with van der Waals surface area (Å²) in [5.74, 6) is -0.304. The zero-order valence-electron chi connectivity index (χ0n) is 15.6. The molecule has 0 saturated carbocycles. The second kappa shape index (κ2) is 9.96. The first-order valence-electron chi connectivity index (χ1n) is 8.49. The Morgan fingerprint density at radius 1 is 1.07 bits per heavy atom. The van der Waals surface area contributed by atoms with Crippen LogP contribution in [0.3, 0.4) is 0 Å². The monoisotopic (exact) mass is 369 g/mol. The van der Waals surface area contributed by atoms with Crippen molar-refractivity contribution in [2.24, 2.45) is 5.10 Å². The number of hydrogen-bond acceptors (Lipinski definition) is 6. The Balaban J connectivity index is 1.78. The lowest BCUT2D eigenvalue weighted by atomic mass is 10.2. The number of amides is 1. The Labute approximate surface area is 158 Å². The number of hydrogen-bond donors (Lipinski definition) is 1. The highest BCUT2D eigenvalue weighted by Gasteiger charge is 2.07.